The molecule has 3 rings (SSSR count). The number of hydrogen-bond acceptors (Lipinski definition) is 5. The second kappa shape index (κ2) is 7.50. The second-order valence-corrected chi connectivity index (χ2v) is 10.5. The van der Waals surface area contributed by atoms with Crippen LogP contribution in [0.15, 0.2) is 34.1 Å². The molecule has 0 aliphatic carbocycles. The van der Waals surface area contributed by atoms with E-state index in [1.165, 1.54) is 38.4 Å². The molecule has 25 heavy (non-hydrogen) atoms. The number of sulfonamides is 2. The molecule has 2 unspecified atom stereocenters. The summed E-state index contributed by atoms with van der Waals surface area (Å²) in [5, 5.41) is 3.27. The van der Waals surface area contributed by atoms with Gasteiger partial charge in [0.2, 0.25) is 20.0 Å². The molecule has 142 valence electrons. The molecular weight excluding hydrogens is 386 g/mol. The van der Waals surface area contributed by atoms with Crippen LogP contribution in [0.25, 0.3) is 0 Å². The summed E-state index contributed by atoms with van der Waals surface area (Å²) in [6.07, 6.45) is 2.49. The van der Waals surface area contributed by atoms with E-state index in [-0.39, 0.29) is 34.3 Å². The molecule has 1 N–H and O–H groups in total. The van der Waals surface area contributed by atoms with E-state index in [9.17, 15) is 16.8 Å². The van der Waals surface area contributed by atoms with Crippen LogP contribution in [0.2, 0.25) is 0 Å². The Morgan fingerprint density at radius 2 is 1.68 bits per heavy atom. The third-order valence-electron chi connectivity index (χ3n) is 4.75. The fourth-order valence-electron chi connectivity index (χ4n) is 3.46. The quantitative estimate of drug-likeness (QED) is 0.797. The highest BCUT2D eigenvalue weighted by atomic mass is 35.5. The molecule has 2 saturated heterocycles. The van der Waals surface area contributed by atoms with E-state index >= 15 is 0 Å². The van der Waals surface area contributed by atoms with E-state index in [4.69, 9.17) is 0 Å². The first kappa shape index (κ1) is 20.6. The molecule has 2 aliphatic heterocycles. The maximum absolute atomic E-state index is 13.1. The van der Waals surface area contributed by atoms with Crippen molar-refractivity contribution >= 4 is 32.5 Å². The molecule has 0 saturated carbocycles. The molecule has 0 amide bonds. The van der Waals surface area contributed by atoms with Gasteiger partial charge >= 0.3 is 0 Å². The number of halogens is 1. The zero-order valence-corrected chi connectivity index (χ0v) is 16.7. The van der Waals surface area contributed by atoms with Crippen molar-refractivity contribution in [3.63, 3.8) is 0 Å². The van der Waals surface area contributed by atoms with Crippen molar-refractivity contribution in [3.05, 3.63) is 24.3 Å². The maximum Gasteiger partial charge on any atom is 0.243 e. The van der Waals surface area contributed by atoms with Crippen molar-refractivity contribution in [1.82, 2.24) is 13.9 Å². The molecule has 0 aromatic heterocycles. The van der Waals surface area contributed by atoms with Gasteiger partial charge in [0, 0.05) is 32.7 Å². The Balaban J connectivity index is 0.00000225. The fourth-order valence-corrected chi connectivity index (χ4v) is 6.43. The molecule has 2 fully saturated rings. The van der Waals surface area contributed by atoms with Crippen LogP contribution in [0.5, 0.6) is 0 Å². The van der Waals surface area contributed by atoms with E-state index in [1.807, 2.05) is 0 Å². The maximum atomic E-state index is 13.1. The Hall–Kier alpha value is -0.710. The summed E-state index contributed by atoms with van der Waals surface area (Å²) in [5.41, 5.74) is 0. The van der Waals surface area contributed by atoms with Crippen LogP contribution >= 0.6 is 12.4 Å². The number of fused-ring (bicyclic) bond motifs is 2. The van der Waals surface area contributed by atoms with Gasteiger partial charge in [-0.05, 0) is 44.0 Å². The van der Waals surface area contributed by atoms with E-state index in [0.29, 0.717) is 6.54 Å². The van der Waals surface area contributed by atoms with Crippen molar-refractivity contribution in [2.75, 3.05) is 27.2 Å². The van der Waals surface area contributed by atoms with Gasteiger partial charge in [-0.25, -0.2) is 21.1 Å². The van der Waals surface area contributed by atoms with Gasteiger partial charge in [0.15, 0.2) is 0 Å². The monoisotopic (exact) mass is 409 g/mol. The first-order valence-electron chi connectivity index (χ1n) is 8.01. The lowest BCUT2D eigenvalue weighted by molar-refractivity contribution is 0.334. The molecular formula is C15H24ClN3O4S2. The molecule has 0 spiro atoms. The molecule has 7 nitrogen and oxygen atoms in total. The lowest BCUT2D eigenvalue weighted by Gasteiger charge is -2.27. The first-order chi connectivity index (χ1) is 11.2. The van der Waals surface area contributed by atoms with Crippen LogP contribution in [-0.4, -0.2) is 64.7 Å². The third-order valence-corrected chi connectivity index (χ3v) is 8.56. The van der Waals surface area contributed by atoms with E-state index in [1.54, 1.807) is 4.31 Å². The van der Waals surface area contributed by atoms with Crippen molar-refractivity contribution in [2.24, 2.45) is 0 Å². The Labute approximate surface area is 155 Å². The van der Waals surface area contributed by atoms with Gasteiger partial charge < -0.3 is 5.32 Å². The molecule has 1 aromatic carbocycles. The van der Waals surface area contributed by atoms with Crippen LogP contribution in [-0.2, 0) is 20.0 Å². The first-order valence-corrected chi connectivity index (χ1v) is 10.9. The normalized spacial score (nSPS) is 24.8. The van der Waals surface area contributed by atoms with Gasteiger partial charge in [-0.2, -0.15) is 4.31 Å². The summed E-state index contributed by atoms with van der Waals surface area (Å²) in [6.45, 7) is 1.45. The summed E-state index contributed by atoms with van der Waals surface area (Å²) < 4.78 is 53.5. The SMILES string of the molecule is CN(C)S(=O)(=O)c1cccc(S(=O)(=O)N2C3CCNCC2CC3)c1.Cl. The van der Waals surface area contributed by atoms with Gasteiger partial charge in [-0.15, -0.1) is 12.4 Å². The van der Waals surface area contributed by atoms with Crippen LogP contribution in [0.3, 0.4) is 0 Å². The minimum absolute atomic E-state index is 0. The lowest BCUT2D eigenvalue weighted by atomic mass is 10.1. The van der Waals surface area contributed by atoms with Crippen LogP contribution in [0, 0.1) is 0 Å². The van der Waals surface area contributed by atoms with Crippen LogP contribution < -0.4 is 5.32 Å². The number of hydrogen-bond donors (Lipinski definition) is 1. The summed E-state index contributed by atoms with van der Waals surface area (Å²) in [5.74, 6) is 0. The number of benzene rings is 1. The zero-order valence-electron chi connectivity index (χ0n) is 14.3. The predicted molar refractivity (Wildman–Crippen MR) is 97.9 cm³/mol. The second-order valence-electron chi connectivity index (χ2n) is 6.48. The third kappa shape index (κ3) is 3.72. The Bertz CT molecular complexity index is 813. The van der Waals surface area contributed by atoms with Gasteiger partial charge in [-0.1, -0.05) is 6.07 Å². The topological polar surface area (TPSA) is 86.8 Å². The predicted octanol–water partition coefficient (Wildman–Crippen LogP) is 0.874. The molecule has 2 bridgehead atoms. The fraction of sp³-hybridized carbons (Fsp3) is 0.600. The van der Waals surface area contributed by atoms with Gasteiger partial charge in [0.25, 0.3) is 0 Å². The van der Waals surface area contributed by atoms with Crippen molar-refractivity contribution in [2.45, 2.75) is 41.1 Å². The highest BCUT2D eigenvalue weighted by Gasteiger charge is 2.43. The van der Waals surface area contributed by atoms with Crippen molar-refractivity contribution in [1.29, 1.82) is 0 Å². The minimum Gasteiger partial charge on any atom is -0.315 e. The van der Waals surface area contributed by atoms with E-state index in [0.717, 1.165) is 30.1 Å². The van der Waals surface area contributed by atoms with E-state index < -0.39 is 20.0 Å². The van der Waals surface area contributed by atoms with E-state index in [2.05, 4.69) is 5.32 Å². The number of nitrogens with one attached hydrogen (secondary N) is 1. The smallest absolute Gasteiger partial charge is 0.243 e. The van der Waals surface area contributed by atoms with Gasteiger partial charge in [0.1, 0.15) is 0 Å². The molecule has 2 aliphatic rings. The number of nitrogens with zero attached hydrogens (tertiary/aromatic N) is 2. The van der Waals surface area contributed by atoms with Crippen LogP contribution in [0.1, 0.15) is 19.3 Å². The molecule has 0 radical (unpaired) electrons. The summed E-state index contributed by atoms with van der Waals surface area (Å²) in [6, 6.07) is 5.58. The van der Waals surface area contributed by atoms with Gasteiger partial charge in [0.05, 0.1) is 9.79 Å². The Kier molecular flexibility index (Phi) is 6.18. The lowest BCUT2D eigenvalue weighted by Crippen LogP contribution is -2.42. The standard InChI is InChI=1S/C15H23N3O4S2.ClH/c1-17(2)23(19,20)14-4-3-5-15(10-14)24(21,22)18-12-6-7-13(18)11-16-9-8-12;/h3-5,10,12-13,16H,6-9,11H2,1-2H3;1H. The average Bonchev–Trinajstić information content (AvgIpc) is 2.81. The van der Waals surface area contributed by atoms with Crippen molar-refractivity contribution in [3.8, 4) is 0 Å². The molecule has 2 atom stereocenters. The molecule has 1 aromatic rings. The van der Waals surface area contributed by atoms with Gasteiger partial charge in [-0.3, -0.25) is 0 Å². The average molecular weight is 410 g/mol. The largest absolute Gasteiger partial charge is 0.315 e. The molecule has 10 heteroatoms. The van der Waals surface area contributed by atoms with Crippen LogP contribution in [0.4, 0.5) is 0 Å². The summed E-state index contributed by atoms with van der Waals surface area (Å²) >= 11 is 0. The highest BCUT2D eigenvalue weighted by Crippen LogP contribution is 2.34. The van der Waals surface area contributed by atoms with Crippen molar-refractivity contribution < 1.29 is 16.8 Å². The minimum atomic E-state index is -3.72. The number of rotatable bonds is 4. The summed E-state index contributed by atoms with van der Waals surface area (Å²) in [7, 11) is -4.53. The Morgan fingerprint density at radius 1 is 1.04 bits per heavy atom. The molecule has 2 heterocycles. The Morgan fingerprint density at radius 3 is 2.36 bits per heavy atom. The zero-order chi connectivity index (χ0) is 17.5. The summed E-state index contributed by atoms with van der Waals surface area (Å²) in [4.78, 5) is 0.0399. The highest BCUT2D eigenvalue weighted by molar-refractivity contribution is 7.90.